The SMILES string of the molecule is C=C\C=C/C=C\C=C/C=C\C=C/C=C\C=C/C=C\C=N. The predicted octanol–water partition coefficient (Wildman–Crippen LogP) is 5.27. The third-order valence-electron chi connectivity index (χ3n) is 1.90. The number of nitrogens with one attached hydrogen (secondary N) is 1. The Morgan fingerprint density at radius 2 is 0.650 bits per heavy atom. The number of rotatable bonds is 9. The molecule has 1 N–H and O–H groups in total. The molecule has 0 atom stereocenters. The van der Waals surface area contributed by atoms with E-state index in [0.29, 0.717) is 0 Å². The molecule has 0 aromatic carbocycles. The van der Waals surface area contributed by atoms with Gasteiger partial charge in [-0.2, -0.15) is 0 Å². The Balaban J connectivity index is 3.86. The van der Waals surface area contributed by atoms with E-state index in [9.17, 15) is 0 Å². The summed E-state index contributed by atoms with van der Waals surface area (Å²) < 4.78 is 0. The standard InChI is InChI=1S/C19H21N/c1-2-3-4-5-6-7-8-9-10-11-12-13-14-15-16-17-18-19-20/h2-20H,1H2/b4-3-,6-5-,8-7-,10-9-,12-11-,14-13-,16-15-,18-17-,20-19?. The molecule has 0 aromatic heterocycles. The summed E-state index contributed by atoms with van der Waals surface area (Å²) in [4.78, 5) is 0. The lowest BCUT2D eigenvalue weighted by Crippen LogP contribution is -1.55. The first kappa shape index (κ1) is 17.3. The Kier molecular flexibility index (Phi) is 14.1. The van der Waals surface area contributed by atoms with Crippen molar-refractivity contribution in [2.75, 3.05) is 0 Å². The molecule has 1 heteroatoms. The van der Waals surface area contributed by atoms with Crippen LogP contribution in [0.15, 0.2) is 110 Å². The molecular weight excluding hydrogens is 242 g/mol. The minimum atomic E-state index is 1.25. The topological polar surface area (TPSA) is 23.9 Å². The first-order valence-electron chi connectivity index (χ1n) is 6.36. The largest absolute Gasteiger partial charge is 0.309 e. The molecule has 0 saturated heterocycles. The first-order valence-corrected chi connectivity index (χ1v) is 6.36. The molecule has 0 spiro atoms. The van der Waals surface area contributed by atoms with E-state index in [0.717, 1.165) is 0 Å². The minimum Gasteiger partial charge on any atom is -0.309 e. The highest BCUT2D eigenvalue weighted by atomic mass is 14.3. The highest BCUT2D eigenvalue weighted by Crippen LogP contribution is 1.85. The molecular formula is C19H21N. The Bertz CT molecular complexity index is 432. The summed E-state index contributed by atoms with van der Waals surface area (Å²) in [5.41, 5.74) is 0. The van der Waals surface area contributed by atoms with Gasteiger partial charge in [-0.3, -0.25) is 0 Å². The van der Waals surface area contributed by atoms with Crippen LogP contribution < -0.4 is 0 Å². The summed E-state index contributed by atoms with van der Waals surface area (Å²) in [7, 11) is 0. The van der Waals surface area contributed by atoms with E-state index in [2.05, 4.69) is 6.58 Å². The lowest BCUT2D eigenvalue weighted by Gasteiger charge is -1.75. The van der Waals surface area contributed by atoms with Gasteiger partial charge < -0.3 is 5.41 Å². The molecule has 0 aromatic rings. The van der Waals surface area contributed by atoms with Crippen LogP contribution in [0.4, 0.5) is 0 Å². The van der Waals surface area contributed by atoms with Crippen LogP contribution in [0, 0.1) is 5.41 Å². The van der Waals surface area contributed by atoms with Crippen molar-refractivity contribution < 1.29 is 0 Å². The molecule has 0 aliphatic rings. The summed E-state index contributed by atoms with van der Waals surface area (Å²) in [6, 6.07) is 0. The van der Waals surface area contributed by atoms with Crippen molar-refractivity contribution >= 4 is 6.21 Å². The van der Waals surface area contributed by atoms with Crippen molar-refractivity contribution in [1.82, 2.24) is 0 Å². The summed E-state index contributed by atoms with van der Waals surface area (Å²) >= 11 is 0. The summed E-state index contributed by atoms with van der Waals surface area (Å²) in [5, 5.41) is 6.79. The highest BCUT2D eigenvalue weighted by molar-refractivity contribution is 5.68. The second kappa shape index (κ2) is 16.3. The minimum absolute atomic E-state index is 1.25. The highest BCUT2D eigenvalue weighted by Gasteiger charge is 1.64. The number of allylic oxidation sites excluding steroid dienone is 17. The van der Waals surface area contributed by atoms with Gasteiger partial charge in [-0.25, -0.2) is 0 Å². The third kappa shape index (κ3) is 15.3. The first-order chi connectivity index (χ1) is 9.91. The van der Waals surface area contributed by atoms with E-state index >= 15 is 0 Å². The van der Waals surface area contributed by atoms with Crippen molar-refractivity contribution in [3.05, 3.63) is 110 Å². The van der Waals surface area contributed by atoms with Crippen molar-refractivity contribution in [2.24, 2.45) is 0 Å². The van der Waals surface area contributed by atoms with Gasteiger partial charge in [-0.15, -0.1) is 0 Å². The molecule has 0 fully saturated rings. The molecule has 0 heterocycles. The lowest BCUT2D eigenvalue weighted by atomic mass is 10.3. The Hall–Kier alpha value is -2.67. The number of hydrogen-bond acceptors (Lipinski definition) is 1. The zero-order valence-corrected chi connectivity index (χ0v) is 11.6. The third-order valence-corrected chi connectivity index (χ3v) is 1.90. The zero-order valence-electron chi connectivity index (χ0n) is 11.6. The summed E-state index contributed by atoms with van der Waals surface area (Å²) in [5.74, 6) is 0. The van der Waals surface area contributed by atoms with Crippen LogP contribution in [-0.2, 0) is 0 Å². The van der Waals surface area contributed by atoms with Crippen LogP contribution in [0.3, 0.4) is 0 Å². The molecule has 0 saturated carbocycles. The van der Waals surface area contributed by atoms with Gasteiger partial charge in [0.2, 0.25) is 0 Å². The Morgan fingerprint density at radius 3 is 0.900 bits per heavy atom. The van der Waals surface area contributed by atoms with Crippen LogP contribution >= 0.6 is 0 Å². The monoisotopic (exact) mass is 263 g/mol. The summed E-state index contributed by atoms with van der Waals surface area (Å²) in [6.45, 7) is 3.59. The van der Waals surface area contributed by atoms with Gasteiger partial charge in [0.05, 0.1) is 0 Å². The van der Waals surface area contributed by atoms with Crippen LogP contribution in [0.1, 0.15) is 0 Å². The molecule has 0 amide bonds. The van der Waals surface area contributed by atoms with E-state index in [1.165, 1.54) is 6.21 Å². The normalized spacial score (nSPS) is 13.8. The van der Waals surface area contributed by atoms with Crippen molar-refractivity contribution in [2.45, 2.75) is 0 Å². The lowest BCUT2D eigenvalue weighted by molar-refractivity contribution is 1.58. The summed E-state index contributed by atoms with van der Waals surface area (Å²) in [6.07, 6.45) is 33.6. The molecule has 0 radical (unpaired) electrons. The van der Waals surface area contributed by atoms with Crippen LogP contribution in [0.25, 0.3) is 0 Å². The van der Waals surface area contributed by atoms with E-state index in [-0.39, 0.29) is 0 Å². The van der Waals surface area contributed by atoms with Crippen molar-refractivity contribution in [3.8, 4) is 0 Å². The maximum Gasteiger partial charge on any atom is 0.0177 e. The fourth-order valence-electron chi connectivity index (χ4n) is 1.03. The Morgan fingerprint density at radius 1 is 0.400 bits per heavy atom. The van der Waals surface area contributed by atoms with Gasteiger partial charge in [0.15, 0.2) is 0 Å². The van der Waals surface area contributed by atoms with E-state index in [1.807, 2.05) is 91.1 Å². The molecule has 20 heavy (non-hydrogen) atoms. The maximum absolute atomic E-state index is 6.79. The quantitative estimate of drug-likeness (QED) is 0.433. The average molecular weight is 263 g/mol. The average Bonchev–Trinajstić information content (AvgIpc) is 2.47. The smallest absolute Gasteiger partial charge is 0.0177 e. The van der Waals surface area contributed by atoms with Gasteiger partial charge in [0.25, 0.3) is 0 Å². The predicted molar refractivity (Wildman–Crippen MR) is 92.1 cm³/mol. The molecule has 102 valence electrons. The maximum atomic E-state index is 6.79. The zero-order chi connectivity index (χ0) is 14.7. The second-order valence-corrected chi connectivity index (χ2v) is 3.48. The number of hydrogen-bond donors (Lipinski definition) is 1. The second-order valence-electron chi connectivity index (χ2n) is 3.48. The molecule has 0 aliphatic heterocycles. The van der Waals surface area contributed by atoms with E-state index in [1.54, 1.807) is 12.2 Å². The molecule has 0 bridgehead atoms. The fraction of sp³-hybridized carbons (Fsp3) is 0. The van der Waals surface area contributed by atoms with Gasteiger partial charge >= 0.3 is 0 Å². The molecule has 0 rings (SSSR count). The van der Waals surface area contributed by atoms with Crippen LogP contribution in [0.2, 0.25) is 0 Å². The van der Waals surface area contributed by atoms with Gasteiger partial charge in [0.1, 0.15) is 0 Å². The molecule has 0 unspecified atom stereocenters. The van der Waals surface area contributed by atoms with Crippen LogP contribution in [0.5, 0.6) is 0 Å². The van der Waals surface area contributed by atoms with E-state index in [4.69, 9.17) is 5.41 Å². The molecule has 0 aliphatic carbocycles. The van der Waals surface area contributed by atoms with Crippen molar-refractivity contribution in [1.29, 1.82) is 5.41 Å². The Labute approximate surface area is 122 Å². The van der Waals surface area contributed by atoms with Gasteiger partial charge in [0, 0.05) is 6.21 Å². The molecule has 1 nitrogen and oxygen atoms in total. The van der Waals surface area contributed by atoms with E-state index < -0.39 is 0 Å². The van der Waals surface area contributed by atoms with Gasteiger partial charge in [-0.05, 0) is 6.08 Å². The van der Waals surface area contributed by atoms with Gasteiger partial charge in [-0.1, -0.05) is 104 Å². The van der Waals surface area contributed by atoms with Crippen LogP contribution in [-0.4, -0.2) is 6.21 Å². The fourth-order valence-corrected chi connectivity index (χ4v) is 1.03. The van der Waals surface area contributed by atoms with Crippen molar-refractivity contribution in [3.63, 3.8) is 0 Å².